The molecule has 1 aliphatic heterocycles. The third-order valence-electron chi connectivity index (χ3n) is 5.41. The first kappa shape index (κ1) is 21.0. The van der Waals surface area contributed by atoms with Crippen LogP contribution in [-0.4, -0.2) is 31.8 Å². The zero-order valence-corrected chi connectivity index (χ0v) is 17.8. The molecule has 0 amide bonds. The van der Waals surface area contributed by atoms with E-state index in [1.807, 2.05) is 13.8 Å². The summed E-state index contributed by atoms with van der Waals surface area (Å²) in [7, 11) is -3.33. The maximum Gasteiger partial charge on any atom is 0.210 e. The van der Waals surface area contributed by atoms with Crippen molar-refractivity contribution in [3.63, 3.8) is 0 Å². The van der Waals surface area contributed by atoms with Gasteiger partial charge in [-0.15, -0.1) is 0 Å². The molecular weight excluding hydrogens is 388 g/mol. The molecule has 0 radical (unpaired) electrons. The lowest BCUT2D eigenvalue weighted by Crippen LogP contribution is -2.35. The predicted octanol–water partition coefficient (Wildman–Crippen LogP) is 4.32. The molecule has 0 spiro atoms. The highest BCUT2D eigenvalue weighted by Crippen LogP contribution is 2.44. The Bertz CT molecular complexity index is 1100. The number of ether oxygens (including phenoxy) is 1. The van der Waals surface area contributed by atoms with Gasteiger partial charge >= 0.3 is 0 Å². The molecule has 0 N–H and O–H groups in total. The number of rotatable bonds is 6. The van der Waals surface area contributed by atoms with Gasteiger partial charge in [-0.25, -0.2) is 8.42 Å². The van der Waals surface area contributed by atoms with Gasteiger partial charge in [0.25, 0.3) is 0 Å². The van der Waals surface area contributed by atoms with Crippen LogP contribution in [0.5, 0.6) is 0 Å². The molecule has 6 heteroatoms. The van der Waals surface area contributed by atoms with Crippen molar-refractivity contribution in [3.8, 4) is 0 Å². The monoisotopic (exact) mass is 412 g/mol. The minimum Gasteiger partial charge on any atom is -0.478 e. The molecule has 0 saturated heterocycles. The van der Waals surface area contributed by atoms with Crippen molar-refractivity contribution in [3.05, 3.63) is 65.2 Å². The Kier molecular flexibility index (Phi) is 5.50. The van der Waals surface area contributed by atoms with Crippen LogP contribution in [0.25, 0.3) is 11.3 Å². The van der Waals surface area contributed by atoms with Crippen LogP contribution in [0.1, 0.15) is 55.1 Å². The van der Waals surface area contributed by atoms with Crippen molar-refractivity contribution < 1.29 is 22.7 Å². The van der Waals surface area contributed by atoms with Crippen LogP contribution in [0.2, 0.25) is 0 Å². The molecule has 1 heterocycles. The quantitative estimate of drug-likeness (QED) is 0.661. The Morgan fingerprint density at radius 1 is 1.00 bits per heavy atom. The van der Waals surface area contributed by atoms with Gasteiger partial charge in [-0.2, -0.15) is 0 Å². The number of Topliss-reactive ketones (excluding diaryl/α,β-unsaturated/α-hetero) is 2. The minimum atomic E-state index is -3.33. The summed E-state index contributed by atoms with van der Waals surface area (Å²) >= 11 is 0. The number of benzene rings is 2. The Hall–Kier alpha value is -2.73. The van der Waals surface area contributed by atoms with Gasteiger partial charge in [-0.1, -0.05) is 32.0 Å². The van der Waals surface area contributed by atoms with Crippen molar-refractivity contribution in [1.82, 2.24) is 0 Å². The van der Waals surface area contributed by atoms with Gasteiger partial charge in [0.1, 0.15) is 5.76 Å². The average molecular weight is 413 g/mol. The van der Waals surface area contributed by atoms with Gasteiger partial charge in [0, 0.05) is 17.4 Å². The molecule has 2 aromatic carbocycles. The first-order valence-corrected chi connectivity index (χ1v) is 11.4. The molecule has 152 valence electrons. The highest BCUT2D eigenvalue weighted by molar-refractivity contribution is 7.90. The lowest BCUT2D eigenvalue weighted by molar-refractivity contribution is -0.128. The van der Waals surface area contributed by atoms with Gasteiger partial charge in [-0.3, -0.25) is 9.59 Å². The van der Waals surface area contributed by atoms with Gasteiger partial charge in [0.15, 0.2) is 21.2 Å². The molecule has 0 bridgehead atoms. The molecule has 0 aromatic heterocycles. The van der Waals surface area contributed by atoms with E-state index in [4.69, 9.17) is 4.74 Å². The van der Waals surface area contributed by atoms with Crippen molar-refractivity contribution in [2.45, 2.75) is 44.1 Å². The van der Waals surface area contributed by atoms with Gasteiger partial charge in [0.2, 0.25) is 5.78 Å². The topological polar surface area (TPSA) is 77.5 Å². The van der Waals surface area contributed by atoms with Gasteiger partial charge in [0.05, 0.1) is 10.5 Å². The first-order chi connectivity index (χ1) is 13.6. The van der Waals surface area contributed by atoms with Crippen LogP contribution < -0.4 is 0 Å². The Morgan fingerprint density at radius 3 is 2.14 bits per heavy atom. The average Bonchev–Trinajstić information content (AvgIpc) is 3.00. The Labute approximate surface area is 171 Å². The van der Waals surface area contributed by atoms with E-state index in [0.717, 1.165) is 6.26 Å². The molecular formula is C23H24O5S. The molecule has 0 aliphatic carbocycles. The summed E-state index contributed by atoms with van der Waals surface area (Å²) in [6, 6.07) is 13.2. The van der Waals surface area contributed by atoms with Crippen LogP contribution >= 0.6 is 0 Å². The maximum absolute atomic E-state index is 13.4. The lowest BCUT2D eigenvalue weighted by atomic mass is 9.86. The summed E-state index contributed by atoms with van der Waals surface area (Å²) in [6.07, 6.45) is 2.15. The molecule has 29 heavy (non-hydrogen) atoms. The number of carbonyl (C=O) groups is 2. The SMILES string of the molecule is CCC1(CC)OC(c2ccc(S(C)(=O)=O)cc2)=C(c2cccc(C(C)=O)c2)C1=O. The second-order valence-corrected chi connectivity index (χ2v) is 9.29. The van der Waals surface area contributed by atoms with Crippen LogP contribution in [0, 0.1) is 0 Å². The largest absolute Gasteiger partial charge is 0.478 e. The Morgan fingerprint density at radius 2 is 1.62 bits per heavy atom. The molecule has 1 aliphatic rings. The van der Waals surface area contributed by atoms with E-state index in [1.165, 1.54) is 19.1 Å². The summed E-state index contributed by atoms with van der Waals surface area (Å²) in [5.74, 6) is 0.208. The summed E-state index contributed by atoms with van der Waals surface area (Å²) in [5.41, 5.74) is 1.21. The van der Waals surface area contributed by atoms with Crippen LogP contribution in [-0.2, 0) is 19.4 Å². The number of hydrogen-bond donors (Lipinski definition) is 0. The van der Waals surface area contributed by atoms with E-state index < -0.39 is 15.4 Å². The number of carbonyl (C=O) groups excluding carboxylic acids is 2. The zero-order valence-electron chi connectivity index (χ0n) is 17.0. The predicted molar refractivity (Wildman–Crippen MR) is 112 cm³/mol. The highest BCUT2D eigenvalue weighted by Gasteiger charge is 2.47. The summed E-state index contributed by atoms with van der Waals surface area (Å²) in [6.45, 7) is 5.29. The summed E-state index contributed by atoms with van der Waals surface area (Å²) < 4.78 is 29.8. The smallest absolute Gasteiger partial charge is 0.210 e. The van der Waals surface area contributed by atoms with Gasteiger partial charge < -0.3 is 4.74 Å². The molecule has 2 aromatic rings. The normalized spacial score (nSPS) is 16.1. The van der Waals surface area contributed by atoms with Crippen molar-refractivity contribution in [2.75, 3.05) is 6.26 Å². The molecule has 0 unspecified atom stereocenters. The van der Waals surface area contributed by atoms with Crippen molar-refractivity contribution >= 4 is 32.7 Å². The van der Waals surface area contributed by atoms with Crippen molar-refractivity contribution in [2.24, 2.45) is 0 Å². The standard InChI is InChI=1S/C23H24O5S/c1-5-23(6-2)22(25)20(18-9-7-8-17(14-18)15(3)24)21(28-23)16-10-12-19(13-11-16)29(4,26)27/h7-14H,5-6H2,1-4H3. The minimum absolute atomic E-state index is 0.0879. The lowest BCUT2D eigenvalue weighted by Gasteiger charge is -2.25. The van der Waals surface area contributed by atoms with E-state index in [9.17, 15) is 18.0 Å². The fraction of sp³-hybridized carbons (Fsp3) is 0.304. The number of ketones is 2. The van der Waals surface area contributed by atoms with E-state index >= 15 is 0 Å². The zero-order chi connectivity index (χ0) is 21.4. The third kappa shape index (κ3) is 3.77. The second kappa shape index (κ2) is 7.59. The highest BCUT2D eigenvalue weighted by atomic mass is 32.2. The van der Waals surface area contributed by atoms with E-state index in [0.29, 0.717) is 40.9 Å². The van der Waals surface area contributed by atoms with Crippen LogP contribution in [0.3, 0.4) is 0 Å². The molecule has 0 fully saturated rings. The second-order valence-electron chi connectivity index (χ2n) is 7.27. The summed E-state index contributed by atoms with van der Waals surface area (Å²) in [4.78, 5) is 25.4. The van der Waals surface area contributed by atoms with E-state index in [-0.39, 0.29) is 16.5 Å². The first-order valence-electron chi connectivity index (χ1n) is 9.53. The number of sulfone groups is 1. The fourth-order valence-electron chi connectivity index (χ4n) is 3.55. The molecule has 0 saturated carbocycles. The van der Waals surface area contributed by atoms with Crippen molar-refractivity contribution in [1.29, 1.82) is 0 Å². The van der Waals surface area contributed by atoms with Crippen LogP contribution in [0.15, 0.2) is 53.4 Å². The Balaban J connectivity index is 2.21. The summed E-state index contributed by atoms with van der Waals surface area (Å²) in [5, 5.41) is 0. The van der Waals surface area contributed by atoms with Gasteiger partial charge in [-0.05, 0) is 55.7 Å². The number of hydrogen-bond acceptors (Lipinski definition) is 5. The molecule has 5 nitrogen and oxygen atoms in total. The molecule has 0 atom stereocenters. The maximum atomic E-state index is 13.4. The van der Waals surface area contributed by atoms with E-state index in [2.05, 4.69) is 0 Å². The molecule has 3 rings (SSSR count). The van der Waals surface area contributed by atoms with Crippen LogP contribution in [0.4, 0.5) is 0 Å². The van der Waals surface area contributed by atoms with E-state index in [1.54, 1.807) is 36.4 Å². The third-order valence-corrected chi connectivity index (χ3v) is 6.54. The fourth-order valence-corrected chi connectivity index (χ4v) is 4.18.